The maximum absolute atomic E-state index is 10.9. The van der Waals surface area contributed by atoms with Crippen molar-refractivity contribution in [3.63, 3.8) is 0 Å². The molecule has 0 aromatic heterocycles. The lowest BCUT2D eigenvalue weighted by atomic mass is 10.3. The highest BCUT2D eigenvalue weighted by atomic mass is 79.9. The van der Waals surface area contributed by atoms with Gasteiger partial charge in [0.1, 0.15) is 4.16 Å². The normalized spacial score (nSPS) is 34.1. The summed E-state index contributed by atoms with van der Waals surface area (Å²) in [6, 6.07) is 0. The summed E-state index contributed by atoms with van der Waals surface area (Å²) in [6.45, 7) is 0. The molecular formula is C5H9BrO2S. The number of hydrogen-bond acceptors (Lipinski definition) is 2. The highest BCUT2D eigenvalue weighted by Gasteiger charge is 2.25. The van der Waals surface area contributed by atoms with Crippen LogP contribution < -0.4 is 0 Å². The molecule has 1 heterocycles. The first-order valence-corrected chi connectivity index (χ1v) is 5.62. The van der Waals surface area contributed by atoms with Crippen molar-refractivity contribution in [3.8, 4) is 0 Å². The fourth-order valence-electron chi connectivity index (χ4n) is 0.916. The molecule has 4 heteroatoms. The lowest BCUT2D eigenvalue weighted by Gasteiger charge is -2.15. The van der Waals surface area contributed by atoms with E-state index in [2.05, 4.69) is 15.9 Å². The first-order valence-electron chi connectivity index (χ1n) is 2.98. The van der Waals surface area contributed by atoms with Gasteiger partial charge < -0.3 is 0 Å². The lowest BCUT2D eigenvalue weighted by Crippen LogP contribution is -2.22. The second-order valence-corrected chi connectivity index (χ2v) is 6.29. The summed E-state index contributed by atoms with van der Waals surface area (Å²) in [5.41, 5.74) is 0. The Morgan fingerprint density at radius 1 is 1.33 bits per heavy atom. The van der Waals surface area contributed by atoms with Crippen LogP contribution in [-0.4, -0.2) is 18.3 Å². The minimum atomic E-state index is -2.74. The Morgan fingerprint density at radius 3 is 2.33 bits per heavy atom. The fraction of sp³-hybridized carbons (Fsp3) is 1.00. The Kier molecular flexibility index (Phi) is 2.16. The van der Waals surface area contributed by atoms with Gasteiger partial charge in [0.05, 0.1) is 5.75 Å². The maximum atomic E-state index is 10.9. The minimum absolute atomic E-state index is 0.265. The Balaban J connectivity index is 2.72. The molecule has 2 nitrogen and oxygen atoms in total. The van der Waals surface area contributed by atoms with Crippen LogP contribution in [0.25, 0.3) is 0 Å². The second-order valence-electron chi connectivity index (χ2n) is 2.27. The maximum Gasteiger partial charge on any atom is 0.163 e. The van der Waals surface area contributed by atoms with Crippen LogP contribution in [0, 0.1) is 0 Å². The topological polar surface area (TPSA) is 34.1 Å². The van der Waals surface area contributed by atoms with Crippen molar-refractivity contribution in [2.75, 3.05) is 5.75 Å². The van der Waals surface area contributed by atoms with Crippen molar-refractivity contribution in [2.24, 2.45) is 0 Å². The van der Waals surface area contributed by atoms with Gasteiger partial charge in [0.25, 0.3) is 0 Å². The van der Waals surface area contributed by atoms with Crippen LogP contribution in [0.3, 0.4) is 0 Å². The van der Waals surface area contributed by atoms with Gasteiger partial charge in [0.15, 0.2) is 9.84 Å². The molecule has 54 valence electrons. The quantitative estimate of drug-likeness (QED) is 0.568. The zero-order valence-corrected chi connectivity index (χ0v) is 7.41. The van der Waals surface area contributed by atoms with Crippen LogP contribution in [0.2, 0.25) is 0 Å². The van der Waals surface area contributed by atoms with E-state index in [-0.39, 0.29) is 4.16 Å². The predicted octanol–water partition coefficient (Wildman–Crippen LogP) is 1.31. The van der Waals surface area contributed by atoms with Crippen molar-refractivity contribution < 1.29 is 8.42 Å². The number of halogens is 1. The highest BCUT2D eigenvalue weighted by Crippen LogP contribution is 2.23. The van der Waals surface area contributed by atoms with Crippen molar-refractivity contribution in [2.45, 2.75) is 23.4 Å². The molecular weight excluding hydrogens is 204 g/mol. The first kappa shape index (κ1) is 7.54. The molecule has 0 aliphatic carbocycles. The summed E-state index contributed by atoms with van der Waals surface area (Å²) in [7, 11) is -2.74. The van der Waals surface area contributed by atoms with Crippen LogP contribution in [0.1, 0.15) is 19.3 Å². The van der Waals surface area contributed by atoms with Crippen LogP contribution in [0.15, 0.2) is 0 Å². The van der Waals surface area contributed by atoms with Crippen molar-refractivity contribution in [1.82, 2.24) is 0 Å². The second kappa shape index (κ2) is 2.58. The lowest BCUT2D eigenvalue weighted by molar-refractivity contribution is 0.570. The van der Waals surface area contributed by atoms with Gasteiger partial charge in [0.2, 0.25) is 0 Å². The summed E-state index contributed by atoms with van der Waals surface area (Å²) in [5.74, 6) is 0.364. The molecule has 1 unspecified atom stereocenters. The monoisotopic (exact) mass is 212 g/mol. The summed E-state index contributed by atoms with van der Waals surface area (Å²) in [6.07, 6.45) is 2.65. The van der Waals surface area contributed by atoms with Crippen molar-refractivity contribution in [3.05, 3.63) is 0 Å². The zero-order chi connectivity index (χ0) is 6.91. The van der Waals surface area contributed by atoms with E-state index >= 15 is 0 Å². The summed E-state index contributed by atoms with van der Waals surface area (Å²) < 4.78 is 21.6. The van der Waals surface area contributed by atoms with Gasteiger partial charge in [-0.25, -0.2) is 8.42 Å². The molecule has 1 aliphatic heterocycles. The van der Waals surface area contributed by atoms with Crippen LogP contribution in [-0.2, 0) is 9.84 Å². The zero-order valence-electron chi connectivity index (χ0n) is 5.01. The molecule has 0 bridgehead atoms. The van der Waals surface area contributed by atoms with Gasteiger partial charge in [-0.05, 0) is 12.8 Å². The van der Waals surface area contributed by atoms with E-state index < -0.39 is 9.84 Å². The molecule has 1 atom stereocenters. The third-order valence-electron chi connectivity index (χ3n) is 1.50. The van der Waals surface area contributed by atoms with Crippen molar-refractivity contribution in [1.29, 1.82) is 0 Å². The van der Waals surface area contributed by atoms with Crippen LogP contribution in [0.4, 0.5) is 0 Å². The van der Waals surface area contributed by atoms with Gasteiger partial charge in [-0.2, -0.15) is 0 Å². The smallest absolute Gasteiger partial charge is 0.163 e. The van der Waals surface area contributed by atoms with Gasteiger partial charge in [-0.15, -0.1) is 0 Å². The molecule has 1 saturated heterocycles. The minimum Gasteiger partial charge on any atom is -0.228 e. The standard InChI is InChI=1S/C5H9BrO2S/c6-5-3-1-2-4-9(5,7)8/h5H,1-4H2. The van der Waals surface area contributed by atoms with Gasteiger partial charge in [-0.1, -0.05) is 22.4 Å². The molecule has 0 aromatic rings. The SMILES string of the molecule is O=S1(=O)CCCCC1Br. The first-order chi connectivity index (χ1) is 4.13. The largest absolute Gasteiger partial charge is 0.228 e. The molecule has 1 rings (SSSR count). The molecule has 0 amide bonds. The van der Waals surface area contributed by atoms with Crippen molar-refractivity contribution >= 4 is 25.8 Å². The van der Waals surface area contributed by atoms with E-state index in [1.165, 1.54) is 0 Å². The number of hydrogen-bond donors (Lipinski definition) is 0. The van der Waals surface area contributed by atoms with E-state index in [1.54, 1.807) is 0 Å². The van der Waals surface area contributed by atoms with E-state index in [0.29, 0.717) is 5.75 Å². The van der Waals surface area contributed by atoms with Gasteiger partial charge in [-0.3, -0.25) is 0 Å². The average molecular weight is 213 g/mol. The highest BCUT2D eigenvalue weighted by molar-refractivity contribution is 9.11. The van der Waals surface area contributed by atoms with Crippen LogP contribution >= 0.6 is 15.9 Å². The molecule has 0 aromatic carbocycles. The Hall–Kier alpha value is 0.430. The Bertz CT molecular complexity index is 185. The number of rotatable bonds is 0. The fourth-order valence-corrected chi connectivity index (χ4v) is 3.19. The summed E-state index contributed by atoms with van der Waals surface area (Å²) in [5, 5.41) is 0. The van der Waals surface area contributed by atoms with Crippen LogP contribution in [0.5, 0.6) is 0 Å². The number of sulfone groups is 1. The third-order valence-corrected chi connectivity index (χ3v) is 5.54. The third kappa shape index (κ3) is 1.67. The Morgan fingerprint density at radius 2 is 2.00 bits per heavy atom. The summed E-state index contributed by atoms with van der Waals surface area (Å²) in [4.78, 5) is 0. The molecule has 0 spiro atoms. The van der Waals surface area contributed by atoms with E-state index in [0.717, 1.165) is 19.3 Å². The molecule has 1 aliphatic rings. The van der Waals surface area contributed by atoms with E-state index in [9.17, 15) is 8.42 Å². The molecule has 1 fully saturated rings. The summed E-state index contributed by atoms with van der Waals surface area (Å²) >= 11 is 3.12. The van der Waals surface area contributed by atoms with Gasteiger partial charge in [0, 0.05) is 0 Å². The van der Waals surface area contributed by atoms with E-state index in [4.69, 9.17) is 0 Å². The molecule has 0 radical (unpaired) electrons. The Labute approximate surface area is 63.7 Å². The van der Waals surface area contributed by atoms with E-state index in [1.807, 2.05) is 0 Å². The number of alkyl halides is 1. The molecule has 9 heavy (non-hydrogen) atoms. The predicted molar refractivity (Wildman–Crippen MR) is 40.4 cm³/mol. The molecule has 0 N–H and O–H groups in total. The average Bonchev–Trinajstić information content (AvgIpc) is 1.77. The van der Waals surface area contributed by atoms with Gasteiger partial charge >= 0.3 is 0 Å². The molecule has 0 saturated carbocycles.